The van der Waals surface area contributed by atoms with E-state index >= 15 is 0 Å². The van der Waals surface area contributed by atoms with Gasteiger partial charge >= 0.3 is 5.97 Å². The topological polar surface area (TPSA) is 67.3 Å². The van der Waals surface area contributed by atoms with Gasteiger partial charge in [0.2, 0.25) is 0 Å². The Kier molecular flexibility index (Phi) is 2.40. The molecule has 0 atom stereocenters. The molecule has 2 aromatic rings. The van der Waals surface area contributed by atoms with Crippen LogP contribution in [0.25, 0.3) is 10.9 Å². The fraction of sp³-hybridized carbons (Fsp3) is 0.0833. The quantitative estimate of drug-likeness (QED) is 0.779. The molecule has 1 N–H and O–H groups in total. The van der Waals surface area contributed by atoms with Crippen LogP contribution in [-0.2, 0) is 0 Å². The molecule has 0 bridgehead atoms. The van der Waals surface area contributed by atoms with E-state index in [2.05, 4.69) is 4.98 Å². The lowest BCUT2D eigenvalue weighted by molar-refractivity contribution is 0.0691. The number of carbonyl (C=O) groups excluding carboxylic acids is 1. The van der Waals surface area contributed by atoms with Crippen LogP contribution in [0.4, 0.5) is 0 Å². The minimum Gasteiger partial charge on any atom is -0.477 e. The molecular formula is C12H9NO3. The number of aromatic carboxylic acids is 1. The summed E-state index contributed by atoms with van der Waals surface area (Å²) in [7, 11) is 0. The molecule has 2 rings (SSSR count). The molecular weight excluding hydrogens is 206 g/mol. The standard InChI is InChI=1S/C12H9NO3/c1-7(14)9-6-11(12(15)16)13-10-5-3-2-4-8(9)10/h2-6H,1H3,(H,15,16). The van der Waals surface area contributed by atoms with Crippen molar-refractivity contribution in [3.8, 4) is 0 Å². The van der Waals surface area contributed by atoms with E-state index in [1.807, 2.05) is 0 Å². The fourth-order valence-electron chi connectivity index (χ4n) is 1.58. The van der Waals surface area contributed by atoms with Gasteiger partial charge < -0.3 is 5.11 Å². The number of hydrogen-bond donors (Lipinski definition) is 1. The summed E-state index contributed by atoms with van der Waals surface area (Å²) < 4.78 is 0. The van der Waals surface area contributed by atoms with Gasteiger partial charge in [-0.3, -0.25) is 4.79 Å². The molecule has 0 saturated carbocycles. The second kappa shape index (κ2) is 3.73. The molecule has 0 saturated heterocycles. The first-order valence-corrected chi connectivity index (χ1v) is 4.73. The molecule has 0 unspecified atom stereocenters. The van der Waals surface area contributed by atoms with E-state index < -0.39 is 5.97 Å². The number of carboxylic acid groups (broad SMARTS) is 1. The summed E-state index contributed by atoms with van der Waals surface area (Å²) in [5.41, 5.74) is 0.805. The van der Waals surface area contributed by atoms with Crippen LogP contribution in [0, 0.1) is 0 Å². The first kappa shape index (κ1) is 10.3. The van der Waals surface area contributed by atoms with Crippen LogP contribution < -0.4 is 0 Å². The van der Waals surface area contributed by atoms with E-state index in [9.17, 15) is 9.59 Å². The van der Waals surface area contributed by atoms with Gasteiger partial charge in [0.05, 0.1) is 5.52 Å². The third kappa shape index (κ3) is 1.65. The molecule has 4 heteroatoms. The number of pyridine rings is 1. The number of hydrogen-bond acceptors (Lipinski definition) is 3. The minimum absolute atomic E-state index is 0.107. The average molecular weight is 215 g/mol. The van der Waals surface area contributed by atoms with Crippen molar-refractivity contribution in [1.82, 2.24) is 4.98 Å². The van der Waals surface area contributed by atoms with Gasteiger partial charge in [-0.1, -0.05) is 18.2 Å². The van der Waals surface area contributed by atoms with Crippen LogP contribution in [0.2, 0.25) is 0 Å². The molecule has 1 aromatic carbocycles. The minimum atomic E-state index is -1.13. The summed E-state index contributed by atoms with van der Waals surface area (Å²) in [4.78, 5) is 26.2. The number of benzene rings is 1. The summed E-state index contributed by atoms with van der Waals surface area (Å²) >= 11 is 0. The number of nitrogens with zero attached hydrogens (tertiary/aromatic N) is 1. The van der Waals surface area contributed by atoms with Gasteiger partial charge in [-0.25, -0.2) is 9.78 Å². The van der Waals surface area contributed by atoms with Crippen LogP contribution >= 0.6 is 0 Å². The van der Waals surface area contributed by atoms with E-state index in [1.165, 1.54) is 13.0 Å². The van der Waals surface area contributed by atoms with Gasteiger partial charge in [-0.05, 0) is 19.1 Å². The number of aromatic nitrogens is 1. The van der Waals surface area contributed by atoms with Crippen molar-refractivity contribution in [2.45, 2.75) is 6.92 Å². The van der Waals surface area contributed by atoms with Gasteiger partial charge in [-0.15, -0.1) is 0 Å². The normalized spacial score (nSPS) is 10.3. The first-order valence-electron chi connectivity index (χ1n) is 4.73. The van der Waals surface area contributed by atoms with Crippen LogP contribution in [0.1, 0.15) is 27.8 Å². The summed E-state index contributed by atoms with van der Waals surface area (Å²) in [6, 6.07) is 8.30. The zero-order valence-electron chi connectivity index (χ0n) is 8.60. The van der Waals surface area contributed by atoms with Crippen molar-refractivity contribution >= 4 is 22.7 Å². The van der Waals surface area contributed by atoms with Crippen molar-refractivity contribution in [3.63, 3.8) is 0 Å². The Morgan fingerprint density at radius 1 is 1.25 bits per heavy atom. The van der Waals surface area contributed by atoms with Crippen molar-refractivity contribution in [2.75, 3.05) is 0 Å². The fourth-order valence-corrected chi connectivity index (χ4v) is 1.58. The van der Waals surface area contributed by atoms with Crippen molar-refractivity contribution in [2.24, 2.45) is 0 Å². The van der Waals surface area contributed by atoms with E-state index in [4.69, 9.17) is 5.11 Å². The van der Waals surface area contributed by atoms with Crippen LogP contribution in [0.15, 0.2) is 30.3 Å². The Hall–Kier alpha value is -2.23. The molecule has 1 heterocycles. The molecule has 1 aromatic heterocycles. The highest BCUT2D eigenvalue weighted by Crippen LogP contribution is 2.18. The lowest BCUT2D eigenvalue weighted by Crippen LogP contribution is -2.04. The third-order valence-corrected chi connectivity index (χ3v) is 2.31. The van der Waals surface area contributed by atoms with Gasteiger partial charge in [0, 0.05) is 10.9 Å². The smallest absolute Gasteiger partial charge is 0.354 e. The molecule has 0 spiro atoms. The van der Waals surface area contributed by atoms with Crippen molar-refractivity contribution in [1.29, 1.82) is 0 Å². The molecule has 0 aliphatic rings. The molecule has 80 valence electrons. The summed E-state index contributed by atoms with van der Waals surface area (Å²) in [6.45, 7) is 1.41. The maximum atomic E-state index is 11.4. The van der Waals surface area contributed by atoms with Crippen molar-refractivity contribution < 1.29 is 14.7 Å². The largest absolute Gasteiger partial charge is 0.477 e. The Morgan fingerprint density at radius 3 is 2.56 bits per heavy atom. The van der Waals surface area contributed by atoms with Crippen LogP contribution in [0.5, 0.6) is 0 Å². The van der Waals surface area contributed by atoms with Gasteiger partial charge in [-0.2, -0.15) is 0 Å². The van der Waals surface area contributed by atoms with E-state index in [1.54, 1.807) is 24.3 Å². The second-order valence-corrected chi connectivity index (χ2v) is 3.43. The number of fused-ring (bicyclic) bond motifs is 1. The number of para-hydroxylation sites is 1. The molecule has 0 fully saturated rings. The number of carboxylic acids is 1. The lowest BCUT2D eigenvalue weighted by Gasteiger charge is -2.04. The van der Waals surface area contributed by atoms with Gasteiger partial charge in [0.15, 0.2) is 5.78 Å². The predicted octanol–water partition coefficient (Wildman–Crippen LogP) is 2.14. The Balaban J connectivity index is 2.84. The number of ketones is 1. The molecule has 0 amide bonds. The van der Waals surface area contributed by atoms with Crippen LogP contribution in [0.3, 0.4) is 0 Å². The highest BCUT2D eigenvalue weighted by Gasteiger charge is 2.12. The summed E-state index contributed by atoms with van der Waals surface area (Å²) in [5, 5.41) is 9.56. The zero-order valence-corrected chi connectivity index (χ0v) is 8.60. The van der Waals surface area contributed by atoms with Crippen molar-refractivity contribution in [3.05, 3.63) is 41.6 Å². The highest BCUT2D eigenvalue weighted by molar-refractivity contribution is 6.07. The van der Waals surface area contributed by atoms with Crippen LogP contribution in [-0.4, -0.2) is 21.8 Å². The summed E-state index contributed by atoms with van der Waals surface area (Å²) in [5.74, 6) is -1.30. The SMILES string of the molecule is CC(=O)c1cc(C(=O)O)nc2ccccc12. The van der Waals surface area contributed by atoms with E-state index in [0.717, 1.165) is 0 Å². The van der Waals surface area contributed by atoms with Gasteiger partial charge in [0.1, 0.15) is 5.69 Å². The summed E-state index contributed by atoms with van der Waals surface area (Å²) in [6.07, 6.45) is 0. The highest BCUT2D eigenvalue weighted by atomic mass is 16.4. The first-order chi connectivity index (χ1) is 7.59. The molecule has 0 aliphatic carbocycles. The Morgan fingerprint density at radius 2 is 1.94 bits per heavy atom. The maximum absolute atomic E-state index is 11.4. The molecule has 16 heavy (non-hydrogen) atoms. The average Bonchev–Trinajstić information content (AvgIpc) is 2.27. The molecule has 0 aliphatic heterocycles. The second-order valence-electron chi connectivity index (χ2n) is 3.43. The third-order valence-electron chi connectivity index (χ3n) is 2.31. The van der Waals surface area contributed by atoms with Gasteiger partial charge in [0.25, 0.3) is 0 Å². The predicted molar refractivity (Wildman–Crippen MR) is 58.7 cm³/mol. The Bertz CT molecular complexity index is 590. The van der Waals surface area contributed by atoms with E-state index in [0.29, 0.717) is 16.5 Å². The Labute approximate surface area is 91.5 Å². The number of carbonyl (C=O) groups is 2. The molecule has 0 radical (unpaired) electrons. The molecule has 4 nitrogen and oxygen atoms in total. The zero-order chi connectivity index (χ0) is 11.7. The van der Waals surface area contributed by atoms with E-state index in [-0.39, 0.29) is 11.5 Å². The number of Topliss-reactive ketones (excluding diaryl/α,β-unsaturated/α-hetero) is 1. The number of rotatable bonds is 2. The lowest BCUT2D eigenvalue weighted by atomic mass is 10.0. The monoisotopic (exact) mass is 215 g/mol. The maximum Gasteiger partial charge on any atom is 0.354 e.